The van der Waals surface area contributed by atoms with E-state index < -0.39 is 0 Å². The molecule has 5 aromatic rings. The molecule has 9 heteroatoms. The Bertz CT molecular complexity index is 1390. The van der Waals surface area contributed by atoms with Gasteiger partial charge in [-0.3, -0.25) is 4.90 Å². The van der Waals surface area contributed by atoms with E-state index in [-0.39, 0.29) is 11.9 Å². The molecule has 3 aromatic heterocycles. The van der Waals surface area contributed by atoms with Crippen molar-refractivity contribution in [1.29, 1.82) is 0 Å². The number of benzene rings is 2. The minimum Gasteiger partial charge on any atom is -0.492 e. The average Bonchev–Trinajstić information content (AvgIpc) is 3.61. The minimum atomic E-state index is -0.129. The summed E-state index contributed by atoms with van der Waals surface area (Å²) in [6, 6.07) is 21.8. The molecule has 0 saturated carbocycles. The van der Waals surface area contributed by atoms with E-state index in [2.05, 4.69) is 44.1 Å². The summed E-state index contributed by atoms with van der Waals surface area (Å²) in [4.78, 5) is 10.8. The number of rotatable bonds is 5. The molecule has 34 heavy (non-hydrogen) atoms. The number of hydrogen-bond donors (Lipinski definition) is 1. The van der Waals surface area contributed by atoms with Gasteiger partial charge in [-0.25, -0.2) is 0 Å². The standard InChI is InChI=1S/C25H22ClN5O2S/c26-18-10-8-17(9-11-18)21(30-14-12-29(13-15-30)19-5-2-1-3-6-19)22-24(32)31-25(34-22)27-23(28-31)20-7-4-16-33-20/h1-11,16,21,32H,12-15H2. The van der Waals surface area contributed by atoms with Gasteiger partial charge in [-0.15, -0.1) is 5.10 Å². The number of furan rings is 1. The van der Waals surface area contributed by atoms with E-state index in [0.29, 0.717) is 21.6 Å². The lowest BCUT2D eigenvalue weighted by atomic mass is 10.0. The number of aromatic nitrogens is 3. The summed E-state index contributed by atoms with van der Waals surface area (Å²) in [7, 11) is 0. The highest BCUT2D eigenvalue weighted by Crippen LogP contribution is 2.41. The van der Waals surface area contributed by atoms with Crippen LogP contribution in [-0.2, 0) is 0 Å². The molecule has 0 bridgehead atoms. The molecule has 1 unspecified atom stereocenters. The van der Waals surface area contributed by atoms with Crippen LogP contribution in [-0.4, -0.2) is 50.8 Å². The average molecular weight is 492 g/mol. The van der Waals surface area contributed by atoms with Gasteiger partial charge in [-0.2, -0.15) is 9.50 Å². The summed E-state index contributed by atoms with van der Waals surface area (Å²) >= 11 is 7.63. The normalized spacial score (nSPS) is 15.7. The lowest BCUT2D eigenvalue weighted by molar-refractivity contribution is 0.211. The third kappa shape index (κ3) is 3.83. The molecule has 1 aliphatic heterocycles. The van der Waals surface area contributed by atoms with Crippen LogP contribution in [0, 0.1) is 0 Å². The fourth-order valence-corrected chi connectivity index (χ4v) is 5.73. The number of piperazine rings is 1. The molecule has 1 fully saturated rings. The summed E-state index contributed by atoms with van der Waals surface area (Å²) in [6.45, 7) is 3.51. The highest BCUT2D eigenvalue weighted by atomic mass is 35.5. The Morgan fingerprint density at radius 3 is 2.38 bits per heavy atom. The van der Waals surface area contributed by atoms with Gasteiger partial charge in [0.05, 0.1) is 17.2 Å². The van der Waals surface area contributed by atoms with E-state index in [0.717, 1.165) is 36.6 Å². The van der Waals surface area contributed by atoms with E-state index >= 15 is 0 Å². The van der Waals surface area contributed by atoms with E-state index in [1.54, 1.807) is 18.4 Å². The molecule has 1 aliphatic rings. The Labute approximate surface area is 205 Å². The van der Waals surface area contributed by atoms with Gasteiger partial charge in [0.15, 0.2) is 5.76 Å². The Hall–Kier alpha value is -3.33. The maximum Gasteiger partial charge on any atom is 0.230 e. The first kappa shape index (κ1) is 21.2. The molecule has 1 atom stereocenters. The number of thiazole rings is 1. The van der Waals surface area contributed by atoms with Gasteiger partial charge in [0.1, 0.15) is 0 Å². The molecule has 7 nitrogen and oxygen atoms in total. The second-order valence-corrected chi connectivity index (χ2v) is 9.66. The molecule has 2 aromatic carbocycles. The molecule has 172 valence electrons. The molecule has 6 rings (SSSR count). The number of aromatic hydroxyl groups is 1. The van der Waals surface area contributed by atoms with Crippen molar-refractivity contribution >= 4 is 33.6 Å². The van der Waals surface area contributed by atoms with Crippen molar-refractivity contribution in [3.8, 4) is 17.5 Å². The summed E-state index contributed by atoms with van der Waals surface area (Å²) in [5, 5.41) is 16.4. The van der Waals surface area contributed by atoms with Crippen LogP contribution in [0.4, 0.5) is 5.69 Å². The first-order chi connectivity index (χ1) is 16.7. The summed E-state index contributed by atoms with van der Waals surface area (Å²) in [5.41, 5.74) is 2.31. The van der Waals surface area contributed by atoms with Crippen LogP contribution in [0.25, 0.3) is 16.5 Å². The van der Waals surface area contributed by atoms with Crippen LogP contribution < -0.4 is 4.90 Å². The maximum atomic E-state index is 11.2. The van der Waals surface area contributed by atoms with Crippen LogP contribution >= 0.6 is 22.9 Å². The minimum absolute atomic E-state index is 0.107. The predicted octanol–water partition coefficient (Wildman–Crippen LogP) is 5.32. The molecule has 0 spiro atoms. The lowest BCUT2D eigenvalue weighted by Crippen LogP contribution is -2.47. The van der Waals surface area contributed by atoms with Crippen molar-refractivity contribution < 1.29 is 9.52 Å². The van der Waals surface area contributed by atoms with Gasteiger partial charge in [0.2, 0.25) is 16.7 Å². The quantitative estimate of drug-likeness (QED) is 0.359. The van der Waals surface area contributed by atoms with Gasteiger partial charge in [-0.1, -0.05) is 53.3 Å². The fraction of sp³-hybridized carbons (Fsp3) is 0.200. The molecule has 0 amide bonds. The molecule has 1 N–H and O–H groups in total. The monoisotopic (exact) mass is 491 g/mol. The zero-order chi connectivity index (χ0) is 23.1. The van der Waals surface area contributed by atoms with Crippen molar-refractivity contribution in [3.05, 3.63) is 88.5 Å². The Balaban J connectivity index is 1.34. The van der Waals surface area contributed by atoms with E-state index in [1.807, 2.05) is 30.3 Å². The second-order valence-electron chi connectivity index (χ2n) is 8.21. The zero-order valence-electron chi connectivity index (χ0n) is 18.2. The topological polar surface area (TPSA) is 70.0 Å². The first-order valence-corrected chi connectivity index (χ1v) is 12.3. The number of fused-ring (bicyclic) bond motifs is 1. The molecular formula is C25H22ClN5O2S. The largest absolute Gasteiger partial charge is 0.492 e. The number of nitrogens with zero attached hydrogens (tertiary/aromatic N) is 5. The number of halogens is 1. The van der Waals surface area contributed by atoms with Crippen LogP contribution in [0.1, 0.15) is 16.5 Å². The van der Waals surface area contributed by atoms with Crippen LogP contribution in [0.3, 0.4) is 0 Å². The smallest absolute Gasteiger partial charge is 0.230 e. The molecule has 4 heterocycles. The summed E-state index contributed by atoms with van der Waals surface area (Å²) in [6.07, 6.45) is 1.58. The number of para-hydroxylation sites is 1. The molecule has 1 saturated heterocycles. The van der Waals surface area contributed by atoms with E-state index in [4.69, 9.17) is 16.0 Å². The highest BCUT2D eigenvalue weighted by Gasteiger charge is 2.32. The second kappa shape index (κ2) is 8.79. The number of hydrogen-bond acceptors (Lipinski definition) is 7. The fourth-order valence-electron chi connectivity index (χ4n) is 4.49. The third-order valence-corrected chi connectivity index (χ3v) is 7.50. The van der Waals surface area contributed by atoms with Crippen molar-refractivity contribution in [2.45, 2.75) is 6.04 Å². The van der Waals surface area contributed by atoms with Crippen LogP contribution in [0.2, 0.25) is 5.02 Å². The van der Waals surface area contributed by atoms with E-state index in [1.165, 1.54) is 21.5 Å². The Kier molecular flexibility index (Phi) is 5.49. The first-order valence-electron chi connectivity index (χ1n) is 11.1. The maximum absolute atomic E-state index is 11.2. The van der Waals surface area contributed by atoms with Crippen LogP contribution in [0.15, 0.2) is 77.4 Å². The van der Waals surface area contributed by atoms with Crippen LogP contribution in [0.5, 0.6) is 5.88 Å². The Morgan fingerprint density at radius 2 is 1.71 bits per heavy atom. The summed E-state index contributed by atoms with van der Waals surface area (Å²) in [5.74, 6) is 1.14. The van der Waals surface area contributed by atoms with Gasteiger partial charge in [-0.05, 0) is 42.0 Å². The molecule has 0 radical (unpaired) electrons. The SMILES string of the molecule is Oc1c(C(c2ccc(Cl)cc2)N2CCN(c3ccccc3)CC2)sc2nc(-c3ccco3)nn12. The number of anilines is 1. The molecular weight excluding hydrogens is 470 g/mol. The Morgan fingerprint density at radius 1 is 0.941 bits per heavy atom. The zero-order valence-corrected chi connectivity index (χ0v) is 19.8. The predicted molar refractivity (Wildman–Crippen MR) is 134 cm³/mol. The van der Waals surface area contributed by atoms with Crippen molar-refractivity contribution in [1.82, 2.24) is 19.5 Å². The lowest BCUT2D eigenvalue weighted by Gasteiger charge is -2.40. The van der Waals surface area contributed by atoms with Crippen molar-refractivity contribution in [2.24, 2.45) is 0 Å². The van der Waals surface area contributed by atoms with Gasteiger partial charge < -0.3 is 14.4 Å². The molecule has 0 aliphatic carbocycles. The van der Waals surface area contributed by atoms with Gasteiger partial charge in [0, 0.05) is 36.9 Å². The van der Waals surface area contributed by atoms with Crippen molar-refractivity contribution in [3.63, 3.8) is 0 Å². The van der Waals surface area contributed by atoms with Gasteiger partial charge >= 0.3 is 0 Å². The third-order valence-electron chi connectivity index (χ3n) is 6.18. The van der Waals surface area contributed by atoms with Crippen molar-refractivity contribution in [2.75, 3.05) is 31.1 Å². The van der Waals surface area contributed by atoms with Gasteiger partial charge in [0.25, 0.3) is 0 Å². The highest BCUT2D eigenvalue weighted by molar-refractivity contribution is 7.17. The summed E-state index contributed by atoms with van der Waals surface area (Å²) < 4.78 is 6.92. The van der Waals surface area contributed by atoms with E-state index in [9.17, 15) is 5.11 Å².